The van der Waals surface area contributed by atoms with Gasteiger partial charge < -0.3 is 5.32 Å². The molecule has 0 radical (unpaired) electrons. The van der Waals surface area contributed by atoms with Gasteiger partial charge in [0.15, 0.2) is 0 Å². The fourth-order valence-electron chi connectivity index (χ4n) is 1.62. The number of para-hydroxylation sites is 1. The van der Waals surface area contributed by atoms with Gasteiger partial charge in [0.1, 0.15) is 5.82 Å². The van der Waals surface area contributed by atoms with Crippen LogP contribution >= 0.6 is 0 Å². The van der Waals surface area contributed by atoms with Crippen molar-refractivity contribution in [2.24, 2.45) is 5.10 Å². The van der Waals surface area contributed by atoms with Crippen LogP contribution < -0.4 is 10.7 Å². The minimum Gasteiger partial charge on any atom is -0.306 e. The predicted molar refractivity (Wildman–Crippen MR) is 77.3 cm³/mol. The van der Waals surface area contributed by atoms with E-state index in [2.05, 4.69) is 15.8 Å². The highest BCUT2D eigenvalue weighted by atomic mass is 19.1. The minimum absolute atomic E-state index is 0.349. The fraction of sp³-hybridized carbons (Fsp3) is 0.0667. The van der Waals surface area contributed by atoms with E-state index in [-0.39, 0.29) is 5.82 Å². The Morgan fingerprint density at radius 2 is 2.00 bits per heavy atom. The third-order valence-electron chi connectivity index (χ3n) is 2.62. The molecule has 0 aliphatic rings. The van der Waals surface area contributed by atoms with E-state index in [1.54, 1.807) is 18.2 Å². The maximum Gasteiger partial charge on any atom is 0.339 e. The number of nitrogens with one attached hydrogen (secondary N) is 2. The molecule has 0 atom stereocenters. The van der Waals surface area contributed by atoms with Crippen LogP contribution in [0.2, 0.25) is 0 Å². The molecule has 0 unspecified atom stereocenters. The van der Waals surface area contributed by atoms with Crippen molar-refractivity contribution >= 4 is 17.9 Å². The van der Waals surface area contributed by atoms with Gasteiger partial charge in [0.05, 0.1) is 6.21 Å². The number of hydrogen-bond acceptors (Lipinski definition) is 2. The first-order chi connectivity index (χ1) is 9.65. The highest BCUT2D eigenvalue weighted by Gasteiger charge is 2.01. The van der Waals surface area contributed by atoms with Gasteiger partial charge in [-0.05, 0) is 36.2 Å². The second kappa shape index (κ2) is 6.47. The van der Waals surface area contributed by atoms with Crippen LogP contribution in [0.1, 0.15) is 11.1 Å². The average molecular weight is 271 g/mol. The second-order valence-corrected chi connectivity index (χ2v) is 4.19. The Bertz CT molecular complexity index is 641. The first-order valence-corrected chi connectivity index (χ1v) is 6.06. The van der Waals surface area contributed by atoms with E-state index in [1.165, 1.54) is 18.3 Å². The summed E-state index contributed by atoms with van der Waals surface area (Å²) in [5.74, 6) is -0.349. The summed E-state index contributed by atoms with van der Waals surface area (Å²) < 4.78 is 12.9. The number of hydrogen-bond donors (Lipinski definition) is 2. The number of rotatable bonds is 3. The molecule has 2 N–H and O–H groups in total. The minimum atomic E-state index is -0.452. The molecule has 0 aliphatic carbocycles. The van der Waals surface area contributed by atoms with E-state index in [9.17, 15) is 9.18 Å². The Balaban J connectivity index is 1.91. The first-order valence-electron chi connectivity index (χ1n) is 6.06. The number of hydrazone groups is 1. The maximum atomic E-state index is 12.9. The van der Waals surface area contributed by atoms with Crippen molar-refractivity contribution in [2.45, 2.75) is 6.92 Å². The fourth-order valence-corrected chi connectivity index (χ4v) is 1.62. The summed E-state index contributed by atoms with van der Waals surface area (Å²) in [5.41, 5.74) is 4.56. The lowest BCUT2D eigenvalue weighted by Crippen LogP contribution is -2.24. The molecule has 102 valence electrons. The van der Waals surface area contributed by atoms with E-state index >= 15 is 0 Å². The van der Waals surface area contributed by atoms with Crippen LogP contribution in [0.15, 0.2) is 53.6 Å². The Hall–Kier alpha value is -2.69. The smallest absolute Gasteiger partial charge is 0.306 e. The number of amides is 2. The highest BCUT2D eigenvalue weighted by molar-refractivity contribution is 5.91. The lowest BCUT2D eigenvalue weighted by atomic mass is 10.2. The molecule has 0 heterocycles. The van der Waals surface area contributed by atoms with Crippen molar-refractivity contribution in [3.8, 4) is 0 Å². The first kappa shape index (κ1) is 13.7. The lowest BCUT2D eigenvalue weighted by Gasteiger charge is -2.06. The monoisotopic (exact) mass is 271 g/mol. The standard InChI is InChI=1S/C15H14FN3O/c1-11-5-2-3-8-14(11)18-15(20)19-17-10-12-6-4-7-13(16)9-12/h2-10H,1H3,(H2,18,19,20)/b17-10-. The Labute approximate surface area is 116 Å². The Kier molecular flexibility index (Phi) is 4.44. The van der Waals surface area contributed by atoms with Crippen molar-refractivity contribution in [1.29, 1.82) is 0 Å². The zero-order chi connectivity index (χ0) is 14.4. The molecule has 0 saturated carbocycles. The molecule has 0 aromatic heterocycles. The molecule has 20 heavy (non-hydrogen) atoms. The van der Waals surface area contributed by atoms with Gasteiger partial charge in [0.25, 0.3) is 0 Å². The number of aryl methyl sites for hydroxylation is 1. The average Bonchev–Trinajstić information content (AvgIpc) is 2.41. The second-order valence-electron chi connectivity index (χ2n) is 4.19. The van der Waals surface area contributed by atoms with Gasteiger partial charge >= 0.3 is 6.03 Å². The summed E-state index contributed by atoms with van der Waals surface area (Å²) in [4.78, 5) is 11.6. The van der Waals surface area contributed by atoms with Gasteiger partial charge in [-0.25, -0.2) is 14.6 Å². The molecule has 2 aromatic carbocycles. The van der Waals surface area contributed by atoms with Gasteiger partial charge in [-0.15, -0.1) is 0 Å². The van der Waals surface area contributed by atoms with Crippen LogP contribution in [0.4, 0.5) is 14.9 Å². The molecule has 0 aliphatic heterocycles. The van der Waals surface area contributed by atoms with Gasteiger partial charge in [-0.2, -0.15) is 5.10 Å². The molecule has 0 fully saturated rings. The molecule has 2 rings (SSSR count). The number of urea groups is 1. The highest BCUT2D eigenvalue weighted by Crippen LogP contribution is 2.12. The normalized spacial score (nSPS) is 10.5. The number of nitrogens with zero attached hydrogens (tertiary/aromatic N) is 1. The largest absolute Gasteiger partial charge is 0.339 e. The molecule has 2 amide bonds. The van der Waals surface area contributed by atoms with Gasteiger partial charge in [-0.3, -0.25) is 0 Å². The quantitative estimate of drug-likeness (QED) is 0.653. The third kappa shape index (κ3) is 3.91. The van der Waals surface area contributed by atoms with Gasteiger partial charge in [0.2, 0.25) is 0 Å². The van der Waals surface area contributed by atoms with Crippen molar-refractivity contribution < 1.29 is 9.18 Å². The molecule has 2 aromatic rings. The zero-order valence-electron chi connectivity index (χ0n) is 10.9. The number of benzene rings is 2. The summed E-state index contributed by atoms with van der Waals surface area (Å²) in [6, 6.07) is 12.9. The molecular formula is C15H14FN3O. The van der Waals surface area contributed by atoms with Gasteiger partial charge in [-0.1, -0.05) is 30.3 Å². The van der Waals surface area contributed by atoms with Gasteiger partial charge in [0, 0.05) is 5.69 Å². The molecule has 4 nitrogen and oxygen atoms in total. The van der Waals surface area contributed by atoms with E-state index < -0.39 is 6.03 Å². The molecule has 0 spiro atoms. The number of carbonyl (C=O) groups excluding carboxylic acids is 1. The zero-order valence-corrected chi connectivity index (χ0v) is 10.9. The lowest BCUT2D eigenvalue weighted by molar-refractivity contribution is 0.252. The van der Waals surface area contributed by atoms with Crippen LogP contribution in [0.5, 0.6) is 0 Å². The van der Waals surface area contributed by atoms with E-state index in [0.29, 0.717) is 11.3 Å². The summed E-state index contributed by atoms with van der Waals surface area (Å²) >= 11 is 0. The topological polar surface area (TPSA) is 53.5 Å². The van der Waals surface area contributed by atoms with Crippen LogP contribution in [-0.4, -0.2) is 12.2 Å². The summed E-state index contributed by atoms with van der Waals surface area (Å²) in [6.07, 6.45) is 1.38. The van der Waals surface area contributed by atoms with Crippen LogP contribution in [-0.2, 0) is 0 Å². The number of anilines is 1. The number of carbonyl (C=O) groups is 1. The van der Waals surface area contributed by atoms with Crippen molar-refractivity contribution in [3.05, 3.63) is 65.5 Å². The van der Waals surface area contributed by atoms with Crippen LogP contribution in [0, 0.1) is 12.7 Å². The predicted octanol–water partition coefficient (Wildman–Crippen LogP) is 3.29. The van der Waals surface area contributed by atoms with E-state index in [0.717, 1.165) is 5.56 Å². The van der Waals surface area contributed by atoms with E-state index in [4.69, 9.17) is 0 Å². The van der Waals surface area contributed by atoms with E-state index in [1.807, 2.05) is 25.1 Å². The van der Waals surface area contributed by atoms with Crippen molar-refractivity contribution in [2.75, 3.05) is 5.32 Å². The van der Waals surface area contributed by atoms with Crippen LogP contribution in [0.25, 0.3) is 0 Å². The Morgan fingerprint density at radius 1 is 1.20 bits per heavy atom. The summed E-state index contributed by atoms with van der Waals surface area (Å²) in [7, 11) is 0. The summed E-state index contributed by atoms with van der Waals surface area (Å²) in [6.45, 7) is 1.89. The molecule has 0 saturated heterocycles. The molecular weight excluding hydrogens is 257 g/mol. The summed E-state index contributed by atoms with van der Waals surface area (Å²) in [5, 5.41) is 6.42. The number of halogens is 1. The van der Waals surface area contributed by atoms with Crippen molar-refractivity contribution in [1.82, 2.24) is 5.43 Å². The molecule has 5 heteroatoms. The van der Waals surface area contributed by atoms with Crippen LogP contribution in [0.3, 0.4) is 0 Å². The molecule has 0 bridgehead atoms. The third-order valence-corrected chi connectivity index (χ3v) is 2.62. The maximum absolute atomic E-state index is 12.9. The Morgan fingerprint density at radius 3 is 2.75 bits per heavy atom. The van der Waals surface area contributed by atoms with Crippen molar-refractivity contribution in [3.63, 3.8) is 0 Å². The SMILES string of the molecule is Cc1ccccc1NC(=O)N/N=C\c1cccc(F)c1.